The molecule has 20 heavy (non-hydrogen) atoms. The molecule has 0 amide bonds. The SMILES string of the molecule is CC(Nc1cccc(CO)c1)c1cc(F)c(Cl)cc1Cl. The third-order valence-electron chi connectivity index (χ3n) is 3.00. The van der Waals surface area contributed by atoms with Gasteiger partial charge in [-0.25, -0.2) is 4.39 Å². The van der Waals surface area contributed by atoms with Crippen LogP contribution in [0.3, 0.4) is 0 Å². The van der Waals surface area contributed by atoms with Crippen molar-refractivity contribution >= 4 is 28.9 Å². The van der Waals surface area contributed by atoms with Crippen molar-refractivity contribution in [1.82, 2.24) is 0 Å². The molecule has 2 rings (SSSR count). The van der Waals surface area contributed by atoms with Gasteiger partial charge in [-0.3, -0.25) is 0 Å². The molecule has 0 bridgehead atoms. The quantitative estimate of drug-likeness (QED) is 0.795. The summed E-state index contributed by atoms with van der Waals surface area (Å²) < 4.78 is 13.5. The van der Waals surface area contributed by atoms with E-state index in [1.165, 1.54) is 12.1 Å². The number of aliphatic hydroxyl groups excluding tert-OH is 1. The molecule has 106 valence electrons. The van der Waals surface area contributed by atoms with Gasteiger partial charge in [0.15, 0.2) is 0 Å². The fourth-order valence-electron chi connectivity index (χ4n) is 1.96. The van der Waals surface area contributed by atoms with Gasteiger partial charge >= 0.3 is 0 Å². The Balaban J connectivity index is 2.23. The van der Waals surface area contributed by atoms with Gasteiger partial charge in [0.25, 0.3) is 0 Å². The maximum Gasteiger partial charge on any atom is 0.142 e. The molecule has 0 saturated heterocycles. The van der Waals surface area contributed by atoms with E-state index >= 15 is 0 Å². The van der Waals surface area contributed by atoms with E-state index in [0.29, 0.717) is 10.6 Å². The van der Waals surface area contributed by atoms with Gasteiger partial charge in [-0.1, -0.05) is 35.3 Å². The summed E-state index contributed by atoms with van der Waals surface area (Å²) in [6.45, 7) is 1.85. The zero-order valence-corrected chi connectivity index (χ0v) is 12.3. The number of halogens is 3. The Kier molecular flexibility index (Phi) is 4.86. The Morgan fingerprint density at radius 3 is 2.65 bits per heavy atom. The van der Waals surface area contributed by atoms with Crippen LogP contribution in [0.1, 0.15) is 24.1 Å². The summed E-state index contributed by atoms with van der Waals surface area (Å²) in [5, 5.41) is 12.7. The average molecular weight is 314 g/mol. The van der Waals surface area contributed by atoms with Crippen molar-refractivity contribution in [2.45, 2.75) is 19.6 Å². The molecular formula is C15H14Cl2FNO. The Morgan fingerprint density at radius 2 is 1.95 bits per heavy atom. The van der Waals surface area contributed by atoms with E-state index in [9.17, 15) is 4.39 Å². The van der Waals surface area contributed by atoms with E-state index in [4.69, 9.17) is 28.3 Å². The van der Waals surface area contributed by atoms with Crippen LogP contribution >= 0.6 is 23.2 Å². The van der Waals surface area contributed by atoms with Crippen molar-refractivity contribution in [3.8, 4) is 0 Å². The van der Waals surface area contributed by atoms with Crippen LogP contribution in [0.2, 0.25) is 10.0 Å². The highest BCUT2D eigenvalue weighted by Crippen LogP contribution is 2.30. The van der Waals surface area contributed by atoms with Crippen molar-refractivity contribution < 1.29 is 9.50 Å². The topological polar surface area (TPSA) is 32.3 Å². The van der Waals surface area contributed by atoms with Crippen molar-refractivity contribution in [1.29, 1.82) is 0 Å². The van der Waals surface area contributed by atoms with Gasteiger partial charge in [-0.2, -0.15) is 0 Å². The van der Waals surface area contributed by atoms with Gasteiger partial charge < -0.3 is 10.4 Å². The van der Waals surface area contributed by atoms with Crippen LogP contribution < -0.4 is 5.32 Å². The van der Waals surface area contributed by atoms with Gasteiger partial charge in [0, 0.05) is 10.7 Å². The number of rotatable bonds is 4. The predicted octanol–water partition coefficient (Wildman–Crippen LogP) is 4.80. The molecule has 0 aliphatic heterocycles. The van der Waals surface area contributed by atoms with E-state index in [1.807, 2.05) is 31.2 Å². The smallest absolute Gasteiger partial charge is 0.142 e. The van der Waals surface area contributed by atoms with E-state index in [1.54, 1.807) is 0 Å². The van der Waals surface area contributed by atoms with Crippen LogP contribution in [-0.2, 0) is 6.61 Å². The average Bonchev–Trinajstić information content (AvgIpc) is 2.43. The summed E-state index contributed by atoms with van der Waals surface area (Å²) in [4.78, 5) is 0. The first kappa shape index (κ1) is 15.1. The predicted molar refractivity (Wildman–Crippen MR) is 80.8 cm³/mol. The Labute approximate surface area is 127 Å². The van der Waals surface area contributed by atoms with Crippen molar-refractivity contribution in [3.05, 3.63) is 63.4 Å². The van der Waals surface area contributed by atoms with E-state index < -0.39 is 5.82 Å². The molecule has 0 heterocycles. The molecule has 2 nitrogen and oxygen atoms in total. The summed E-state index contributed by atoms with van der Waals surface area (Å²) in [6, 6.07) is 9.90. The van der Waals surface area contributed by atoms with Gasteiger partial charge in [0.05, 0.1) is 17.7 Å². The summed E-state index contributed by atoms with van der Waals surface area (Å²) in [7, 11) is 0. The molecule has 2 aromatic rings. The van der Waals surface area contributed by atoms with E-state index in [2.05, 4.69) is 5.32 Å². The van der Waals surface area contributed by atoms with Crippen LogP contribution in [0.15, 0.2) is 36.4 Å². The summed E-state index contributed by atoms with van der Waals surface area (Å²) in [5.41, 5.74) is 2.26. The van der Waals surface area contributed by atoms with Crippen LogP contribution in [0.5, 0.6) is 0 Å². The van der Waals surface area contributed by atoms with Crippen molar-refractivity contribution in [3.63, 3.8) is 0 Å². The summed E-state index contributed by atoms with van der Waals surface area (Å²) in [5.74, 6) is -0.496. The van der Waals surface area contributed by atoms with Crippen LogP contribution in [-0.4, -0.2) is 5.11 Å². The van der Waals surface area contributed by atoms with Crippen LogP contribution in [0.4, 0.5) is 10.1 Å². The van der Waals surface area contributed by atoms with E-state index in [0.717, 1.165) is 11.3 Å². The molecule has 0 aromatic heterocycles. The molecule has 0 saturated carbocycles. The van der Waals surface area contributed by atoms with E-state index in [-0.39, 0.29) is 17.7 Å². The number of nitrogens with one attached hydrogen (secondary N) is 1. The molecule has 5 heteroatoms. The normalized spacial score (nSPS) is 12.2. The Morgan fingerprint density at radius 1 is 1.20 bits per heavy atom. The van der Waals surface area contributed by atoms with Gasteiger partial charge in [0.2, 0.25) is 0 Å². The minimum absolute atomic E-state index is 0.00762. The highest BCUT2D eigenvalue weighted by molar-refractivity contribution is 6.35. The number of aliphatic hydroxyl groups is 1. The number of benzene rings is 2. The molecule has 2 N–H and O–H groups in total. The Hall–Kier alpha value is -1.29. The zero-order valence-electron chi connectivity index (χ0n) is 10.8. The number of hydrogen-bond donors (Lipinski definition) is 2. The largest absolute Gasteiger partial charge is 0.392 e. The zero-order chi connectivity index (χ0) is 14.7. The third kappa shape index (κ3) is 3.42. The Bertz CT molecular complexity index is 619. The molecule has 0 aliphatic carbocycles. The fraction of sp³-hybridized carbons (Fsp3) is 0.200. The lowest BCUT2D eigenvalue weighted by atomic mass is 10.1. The highest BCUT2D eigenvalue weighted by Gasteiger charge is 2.13. The first-order valence-electron chi connectivity index (χ1n) is 6.12. The minimum Gasteiger partial charge on any atom is -0.392 e. The van der Waals surface area contributed by atoms with Gasteiger partial charge in [0.1, 0.15) is 5.82 Å². The molecule has 0 aliphatic rings. The van der Waals surface area contributed by atoms with Gasteiger partial charge in [-0.05, 0) is 42.3 Å². The lowest BCUT2D eigenvalue weighted by molar-refractivity contribution is 0.282. The molecule has 2 aromatic carbocycles. The molecule has 0 fully saturated rings. The first-order valence-corrected chi connectivity index (χ1v) is 6.87. The second-order valence-electron chi connectivity index (χ2n) is 4.51. The standard InChI is InChI=1S/C15H14Cl2FNO/c1-9(12-6-15(18)14(17)7-13(12)16)19-11-4-2-3-10(5-11)8-20/h2-7,9,19-20H,8H2,1H3. The molecule has 0 spiro atoms. The van der Waals surface area contributed by atoms with Crippen molar-refractivity contribution in [2.24, 2.45) is 0 Å². The molecule has 1 unspecified atom stereocenters. The number of anilines is 1. The van der Waals surface area contributed by atoms with Crippen molar-refractivity contribution in [2.75, 3.05) is 5.32 Å². The molecule has 0 radical (unpaired) electrons. The van der Waals surface area contributed by atoms with Crippen LogP contribution in [0.25, 0.3) is 0 Å². The second-order valence-corrected chi connectivity index (χ2v) is 5.33. The first-order chi connectivity index (χ1) is 9.51. The lowest BCUT2D eigenvalue weighted by Gasteiger charge is -2.18. The second kappa shape index (κ2) is 6.44. The number of hydrogen-bond acceptors (Lipinski definition) is 2. The maximum atomic E-state index is 13.5. The highest BCUT2D eigenvalue weighted by atomic mass is 35.5. The lowest BCUT2D eigenvalue weighted by Crippen LogP contribution is -2.08. The third-order valence-corrected chi connectivity index (χ3v) is 3.62. The summed E-state index contributed by atoms with van der Waals surface area (Å²) in [6.07, 6.45) is 0. The molecule has 1 atom stereocenters. The monoisotopic (exact) mass is 313 g/mol. The van der Waals surface area contributed by atoms with Crippen LogP contribution in [0, 0.1) is 5.82 Å². The maximum absolute atomic E-state index is 13.5. The van der Waals surface area contributed by atoms with Gasteiger partial charge in [-0.15, -0.1) is 0 Å². The minimum atomic E-state index is -0.496. The fourth-order valence-corrected chi connectivity index (χ4v) is 2.50. The summed E-state index contributed by atoms with van der Waals surface area (Å²) >= 11 is 11.8. The molecular weight excluding hydrogens is 300 g/mol.